The number of carbonyl (C=O) groups is 1. The molecular weight excluding hydrogens is 250 g/mol. The topological polar surface area (TPSA) is 61.5 Å². The molecule has 0 saturated carbocycles. The van der Waals surface area contributed by atoms with Crippen LogP contribution in [-0.2, 0) is 11.3 Å². The molecule has 0 aliphatic heterocycles. The zero-order valence-electron chi connectivity index (χ0n) is 9.88. The second-order valence-corrected chi connectivity index (χ2v) is 4.44. The van der Waals surface area contributed by atoms with Gasteiger partial charge in [0.15, 0.2) is 0 Å². The highest BCUT2D eigenvalue weighted by atomic mass is 32.1. The maximum Gasteiger partial charge on any atom is 0.340 e. The van der Waals surface area contributed by atoms with Gasteiger partial charge in [-0.15, -0.1) is 0 Å². The van der Waals surface area contributed by atoms with Crippen LogP contribution in [0, 0.1) is 0 Å². The molecule has 18 heavy (non-hydrogen) atoms. The van der Waals surface area contributed by atoms with E-state index in [2.05, 4.69) is 4.74 Å². The minimum Gasteiger partial charge on any atom is -0.489 e. The Labute approximate surface area is 109 Å². The number of carbonyl (C=O) groups excluding carboxylic acids is 1. The van der Waals surface area contributed by atoms with Crippen LogP contribution < -0.4 is 10.5 Å². The number of nitrogen functional groups attached to an aromatic ring is 1. The zero-order chi connectivity index (χ0) is 13.0. The molecule has 0 aliphatic carbocycles. The van der Waals surface area contributed by atoms with Crippen molar-refractivity contribution in [3.63, 3.8) is 0 Å². The maximum absolute atomic E-state index is 11.5. The first-order valence-electron chi connectivity index (χ1n) is 5.32. The molecule has 0 spiro atoms. The summed E-state index contributed by atoms with van der Waals surface area (Å²) in [6.07, 6.45) is 0. The molecule has 0 aliphatic rings. The number of ether oxygens (including phenoxy) is 2. The van der Waals surface area contributed by atoms with Gasteiger partial charge < -0.3 is 15.2 Å². The zero-order valence-corrected chi connectivity index (χ0v) is 10.7. The Bertz CT molecular complexity index is 537. The van der Waals surface area contributed by atoms with E-state index in [1.165, 1.54) is 7.11 Å². The van der Waals surface area contributed by atoms with Gasteiger partial charge in [0.2, 0.25) is 0 Å². The predicted octanol–water partition coefficient (Wildman–Crippen LogP) is 2.70. The standard InChI is InChI=1S/C13H13NO3S/c1-16-13(15)11-6-10(2-3-12(11)14)17-7-9-4-5-18-8-9/h2-6,8H,7,14H2,1H3. The van der Waals surface area contributed by atoms with Crippen molar-refractivity contribution in [1.29, 1.82) is 0 Å². The van der Waals surface area contributed by atoms with Crippen molar-refractivity contribution in [3.8, 4) is 5.75 Å². The van der Waals surface area contributed by atoms with Gasteiger partial charge in [0, 0.05) is 5.69 Å². The first-order valence-corrected chi connectivity index (χ1v) is 6.26. The summed E-state index contributed by atoms with van der Waals surface area (Å²) in [5.41, 5.74) is 7.50. The van der Waals surface area contributed by atoms with E-state index in [1.807, 2.05) is 16.8 Å². The highest BCUT2D eigenvalue weighted by Crippen LogP contribution is 2.21. The van der Waals surface area contributed by atoms with Gasteiger partial charge in [0.05, 0.1) is 12.7 Å². The normalized spacial score (nSPS) is 10.1. The monoisotopic (exact) mass is 263 g/mol. The fraction of sp³-hybridized carbons (Fsp3) is 0.154. The van der Waals surface area contributed by atoms with E-state index in [-0.39, 0.29) is 0 Å². The third kappa shape index (κ3) is 2.81. The molecule has 94 valence electrons. The number of esters is 1. The predicted molar refractivity (Wildman–Crippen MR) is 70.8 cm³/mol. The molecule has 5 heteroatoms. The average Bonchev–Trinajstić information content (AvgIpc) is 2.90. The summed E-state index contributed by atoms with van der Waals surface area (Å²) < 4.78 is 10.2. The number of hydrogen-bond acceptors (Lipinski definition) is 5. The first kappa shape index (κ1) is 12.4. The fourth-order valence-corrected chi connectivity index (χ4v) is 2.11. The molecule has 0 unspecified atom stereocenters. The Kier molecular flexibility index (Phi) is 3.84. The number of rotatable bonds is 4. The highest BCUT2D eigenvalue weighted by Gasteiger charge is 2.11. The van der Waals surface area contributed by atoms with Gasteiger partial charge >= 0.3 is 5.97 Å². The number of methoxy groups -OCH3 is 1. The minimum absolute atomic E-state index is 0.320. The lowest BCUT2D eigenvalue weighted by atomic mass is 10.2. The van der Waals surface area contributed by atoms with Gasteiger partial charge in [0.25, 0.3) is 0 Å². The summed E-state index contributed by atoms with van der Waals surface area (Å²) in [5, 5.41) is 4.00. The Balaban J connectivity index is 2.12. The van der Waals surface area contributed by atoms with E-state index in [0.717, 1.165) is 5.56 Å². The lowest BCUT2D eigenvalue weighted by Crippen LogP contribution is -2.06. The molecule has 2 N–H and O–H groups in total. The Morgan fingerprint density at radius 1 is 1.39 bits per heavy atom. The second kappa shape index (κ2) is 5.55. The van der Waals surface area contributed by atoms with E-state index < -0.39 is 5.97 Å². The summed E-state index contributed by atoms with van der Waals surface area (Å²) in [5.74, 6) is 0.129. The molecule has 1 heterocycles. The molecule has 2 rings (SSSR count). The van der Waals surface area contributed by atoms with Gasteiger partial charge in [0.1, 0.15) is 12.4 Å². The van der Waals surface area contributed by atoms with E-state index >= 15 is 0 Å². The van der Waals surface area contributed by atoms with Gasteiger partial charge in [-0.2, -0.15) is 11.3 Å². The molecule has 1 aromatic carbocycles. The van der Waals surface area contributed by atoms with Crippen LogP contribution in [0.3, 0.4) is 0 Å². The van der Waals surface area contributed by atoms with E-state index in [9.17, 15) is 4.79 Å². The van der Waals surface area contributed by atoms with Crippen LogP contribution in [0.2, 0.25) is 0 Å². The largest absolute Gasteiger partial charge is 0.489 e. The Morgan fingerprint density at radius 2 is 2.22 bits per heavy atom. The van der Waals surface area contributed by atoms with Crippen LogP contribution in [0.5, 0.6) is 5.75 Å². The number of thiophene rings is 1. The quantitative estimate of drug-likeness (QED) is 0.680. The Hall–Kier alpha value is -2.01. The van der Waals surface area contributed by atoms with Gasteiger partial charge in [-0.3, -0.25) is 0 Å². The minimum atomic E-state index is -0.464. The van der Waals surface area contributed by atoms with E-state index in [1.54, 1.807) is 29.5 Å². The third-order valence-corrected chi connectivity index (χ3v) is 3.15. The van der Waals surface area contributed by atoms with Gasteiger partial charge in [-0.25, -0.2) is 4.79 Å². The Morgan fingerprint density at radius 3 is 2.89 bits per heavy atom. The van der Waals surface area contributed by atoms with Crippen LogP contribution in [0.4, 0.5) is 5.69 Å². The van der Waals surface area contributed by atoms with Crippen molar-refractivity contribution in [2.24, 2.45) is 0 Å². The van der Waals surface area contributed by atoms with Crippen molar-refractivity contribution in [3.05, 3.63) is 46.2 Å². The molecule has 0 saturated heterocycles. The number of anilines is 1. The lowest BCUT2D eigenvalue weighted by Gasteiger charge is -2.08. The SMILES string of the molecule is COC(=O)c1cc(OCc2ccsc2)ccc1N. The first-order chi connectivity index (χ1) is 8.70. The summed E-state index contributed by atoms with van der Waals surface area (Å²) in [7, 11) is 1.32. The number of hydrogen-bond donors (Lipinski definition) is 1. The molecule has 0 amide bonds. The van der Waals surface area contributed by atoms with Crippen molar-refractivity contribution in [2.75, 3.05) is 12.8 Å². The summed E-state index contributed by atoms with van der Waals surface area (Å²) in [6, 6.07) is 6.94. The van der Waals surface area contributed by atoms with Gasteiger partial charge in [-0.05, 0) is 40.6 Å². The summed E-state index contributed by atoms with van der Waals surface area (Å²) >= 11 is 1.61. The lowest BCUT2D eigenvalue weighted by molar-refractivity contribution is 0.0601. The van der Waals surface area contributed by atoms with Crippen molar-refractivity contribution < 1.29 is 14.3 Å². The van der Waals surface area contributed by atoms with Crippen molar-refractivity contribution in [1.82, 2.24) is 0 Å². The fourth-order valence-electron chi connectivity index (χ4n) is 1.45. The molecule has 1 aromatic heterocycles. The van der Waals surface area contributed by atoms with Crippen LogP contribution in [0.1, 0.15) is 15.9 Å². The molecule has 4 nitrogen and oxygen atoms in total. The number of nitrogens with two attached hydrogens (primary N) is 1. The van der Waals surface area contributed by atoms with E-state index in [4.69, 9.17) is 10.5 Å². The highest BCUT2D eigenvalue weighted by molar-refractivity contribution is 7.07. The van der Waals surface area contributed by atoms with Crippen LogP contribution in [0.25, 0.3) is 0 Å². The number of benzene rings is 1. The maximum atomic E-state index is 11.5. The second-order valence-electron chi connectivity index (χ2n) is 3.66. The molecule has 0 fully saturated rings. The van der Waals surface area contributed by atoms with E-state index in [0.29, 0.717) is 23.6 Å². The van der Waals surface area contributed by atoms with Crippen LogP contribution in [0.15, 0.2) is 35.0 Å². The molecule has 0 radical (unpaired) electrons. The molecule has 0 bridgehead atoms. The van der Waals surface area contributed by atoms with Crippen LogP contribution >= 0.6 is 11.3 Å². The summed E-state index contributed by atoms with van der Waals surface area (Å²) in [4.78, 5) is 11.5. The average molecular weight is 263 g/mol. The van der Waals surface area contributed by atoms with Crippen LogP contribution in [-0.4, -0.2) is 13.1 Å². The molecule has 2 aromatic rings. The third-order valence-electron chi connectivity index (χ3n) is 2.42. The van der Waals surface area contributed by atoms with Crippen molar-refractivity contribution in [2.45, 2.75) is 6.61 Å². The van der Waals surface area contributed by atoms with Crippen molar-refractivity contribution >= 4 is 23.0 Å². The summed E-state index contributed by atoms with van der Waals surface area (Å²) in [6.45, 7) is 0.466. The molecule has 0 atom stereocenters. The van der Waals surface area contributed by atoms with Gasteiger partial charge in [-0.1, -0.05) is 0 Å². The smallest absolute Gasteiger partial charge is 0.340 e. The molecular formula is C13H13NO3S.